The molecule has 0 saturated carbocycles. The molecule has 1 aromatic carbocycles. The Hall–Kier alpha value is -1.95. The van der Waals surface area contributed by atoms with Gasteiger partial charge in [0.25, 0.3) is 0 Å². The maximum atomic E-state index is 13.2. The van der Waals surface area contributed by atoms with Crippen LogP contribution in [0.25, 0.3) is 0 Å². The summed E-state index contributed by atoms with van der Waals surface area (Å²) in [7, 11) is 0. The summed E-state index contributed by atoms with van der Waals surface area (Å²) in [5.41, 5.74) is -0.163. The Kier molecular flexibility index (Phi) is 5.36. The van der Waals surface area contributed by atoms with E-state index in [0.29, 0.717) is 18.7 Å². The minimum absolute atomic E-state index is 0.0369. The summed E-state index contributed by atoms with van der Waals surface area (Å²) in [6, 6.07) is 5.66. The number of nitrogens with zero attached hydrogens (tertiary/aromatic N) is 1. The SMILES string of the molecule is CC(C)(C)OC(=O)NC1CCN(CC(=O)c2cccc(F)c2)C1. The third-order valence-corrected chi connectivity index (χ3v) is 3.51. The van der Waals surface area contributed by atoms with Gasteiger partial charge in [-0.05, 0) is 39.3 Å². The van der Waals surface area contributed by atoms with Crippen molar-refractivity contribution in [1.82, 2.24) is 10.2 Å². The van der Waals surface area contributed by atoms with Gasteiger partial charge in [0.15, 0.2) is 5.78 Å². The lowest BCUT2D eigenvalue weighted by atomic mass is 10.1. The molecule has 1 atom stereocenters. The molecule has 1 saturated heterocycles. The fourth-order valence-electron chi connectivity index (χ4n) is 2.52. The van der Waals surface area contributed by atoms with Crippen LogP contribution in [0.2, 0.25) is 0 Å². The molecule has 1 unspecified atom stereocenters. The van der Waals surface area contributed by atoms with E-state index in [4.69, 9.17) is 4.74 Å². The lowest BCUT2D eigenvalue weighted by Gasteiger charge is -2.22. The Morgan fingerprint density at radius 2 is 2.13 bits per heavy atom. The summed E-state index contributed by atoms with van der Waals surface area (Å²) < 4.78 is 18.4. The van der Waals surface area contributed by atoms with Crippen LogP contribution in [0.1, 0.15) is 37.6 Å². The monoisotopic (exact) mass is 322 g/mol. The summed E-state index contributed by atoms with van der Waals surface area (Å²) in [5, 5.41) is 2.81. The molecule has 1 amide bonds. The van der Waals surface area contributed by atoms with E-state index in [1.807, 2.05) is 25.7 Å². The van der Waals surface area contributed by atoms with Gasteiger partial charge < -0.3 is 10.1 Å². The second kappa shape index (κ2) is 7.08. The maximum Gasteiger partial charge on any atom is 0.407 e. The molecule has 0 spiro atoms. The van der Waals surface area contributed by atoms with E-state index in [1.165, 1.54) is 18.2 Å². The van der Waals surface area contributed by atoms with Crippen molar-refractivity contribution in [2.45, 2.75) is 38.8 Å². The number of likely N-dealkylation sites (tertiary alicyclic amines) is 1. The Balaban J connectivity index is 1.81. The molecule has 1 aromatic rings. The predicted octanol–water partition coefficient (Wildman–Crippen LogP) is 2.61. The summed E-state index contributed by atoms with van der Waals surface area (Å²) in [5.74, 6) is -0.538. The Bertz CT molecular complexity index is 583. The first-order valence-corrected chi connectivity index (χ1v) is 7.73. The first kappa shape index (κ1) is 17.4. The van der Waals surface area contributed by atoms with Gasteiger partial charge in [0.1, 0.15) is 11.4 Å². The van der Waals surface area contributed by atoms with E-state index in [-0.39, 0.29) is 18.4 Å². The first-order chi connectivity index (χ1) is 10.7. The zero-order valence-corrected chi connectivity index (χ0v) is 13.8. The number of nitrogens with one attached hydrogen (secondary N) is 1. The lowest BCUT2D eigenvalue weighted by Crippen LogP contribution is -2.41. The molecular formula is C17H23FN2O3. The fraction of sp³-hybridized carbons (Fsp3) is 0.529. The van der Waals surface area contributed by atoms with Gasteiger partial charge in [0, 0.05) is 24.7 Å². The van der Waals surface area contributed by atoms with Gasteiger partial charge in [-0.3, -0.25) is 9.69 Å². The number of amides is 1. The van der Waals surface area contributed by atoms with Crippen LogP contribution >= 0.6 is 0 Å². The molecule has 0 radical (unpaired) electrons. The minimum atomic E-state index is -0.532. The summed E-state index contributed by atoms with van der Waals surface area (Å²) in [6.07, 6.45) is 0.316. The van der Waals surface area contributed by atoms with Crippen molar-refractivity contribution >= 4 is 11.9 Å². The van der Waals surface area contributed by atoms with Crippen LogP contribution in [0.5, 0.6) is 0 Å². The van der Waals surface area contributed by atoms with E-state index in [0.717, 1.165) is 6.42 Å². The molecule has 1 aliphatic heterocycles. The van der Waals surface area contributed by atoms with Gasteiger partial charge in [0.05, 0.1) is 6.54 Å². The minimum Gasteiger partial charge on any atom is -0.444 e. The molecule has 1 aliphatic rings. The number of halogens is 1. The largest absolute Gasteiger partial charge is 0.444 e. The second-order valence-corrected chi connectivity index (χ2v) is 6.80. The van der Waals surface area contributed by atoms with Crippen molar-refractivity contribution < 1.29 is 18.7 Å². The second-order valence-electron chi connectivity index (χ2n) is 6.80. The summed E-state index contributed by atoms with van der Waals surface area (Å²) in [6.45, 7) is 6.94. The van der Waals surface area contributed by atoms with Crippen molar-refractivity contribution in [2.24, 2.45) is 0 Å². The third-order valence-electron chi connectivity index (χ3n) is 3.51. The zero-order valence-electron chi connectivity index (χ0n) is 13.8. The van der Waals surface area contributed by atoms with Crippen LogP contribution in [0, 0.1) is 5.82 Å². The lowest BCUT2D eigenvalue weighted by molar-refractivity contribution is 0.0506. The highest BCUT2D eigenvalue weighted by Crippen LogP contribution is 2.13. The number of carbonyl (C=O) groups excluding carboxylic acids is 2. The van der Waals surface area contributed by atoms with Gasteiger partial charge in [-0.1, -0.05) is 12.1 Å². The number of alkyl carbamates (subject to hydrolysis) is 1. The normalized spacial score (nSPS) is 18.7. The molecule has 5 nitrogen and oxygen atoms in total. The number of ketones is 1. The number of benzene rings is 1. The van der Waals surface area contributed by atoms with E-state index >= 15 is 0 Å². The molecule has 1 heterocycles. The van der Waals surface area contributed by atoms with E-state index in [9.17, 15) is 14.0 Å². The molecule has 23 heavy (non-hydrogen) atoms. The smallest absolute Gasteiger partial charge is 0.407 e. The number of hydrogen-bond donors (Lipinski definition) is 1. The van der Waals surface area contributed by atoms with Crippen LogP contribution in [-0.4, -0.2) is 48.1 Å². The zero-order chi connectivity index (χ0) is 17.0. The highest BCUT2D eigenvalue weighted by atomic mass is 19.1. The Labute approximate surface area is 135 Å². The van der Waals surface area contributed by atoms with Gasteiger partial charge in [-0.25, -0.2) is 9.18 Å². The average Bonchev–Trinajstić information content (AvgIpc) is 2.83. The Morgan fingerprint density at radius 3 is 2.78 bits per heavy atom. The van der Waals surface area contributed by atoms with Crippen molar-refractivity contribution in [3.63, 3.8) is 0 Å². The molecular weight excluding hydrogens is 299 g/mol. The molecule has 6 heteroatoms. The van der Waals surface area contributed by atoms with Crippen molar-refractivity contribution in [2.75, 3.05) is 19.6 Å². The number of carbonyl (C=O) groups is 2. The highest BCUT2D eigenvalue weighted by molar-refractivity contribution is 5.97. The Morgan fingerprint density at radius 1 is 1.39 bits per heavy atom. The summed E-state index contributed by atoms with van der Waals surface area (Å²) in [4.78, 5) is 25.8. The van der Waals surface area contributed by atoms with Gasteiger partial charge in [-0.15, -0.1) is 0 Å². The molecule has 0 aliphatic carbocycles. The fourth-order valence-corrected chi connectivity index (χ4v) is 2.52. The topological polar surface area (TPSA) is 58.6 Å². The van der Waals surface area contributed by atoms with Gasteiger partial charge in [-0.2, -0.15) is 0 Å². The summed E-state index contributed by atoms with van der Waals surface area (Å²) >= 11 is 0. The maximum absolute atomic E-state index is 13.2. The molecule has 0 bridgehead atoms. The quantitative estimate of drug-likeness (QED) is 0.866. The molecule has 2 rings (SSSR count). The van der Waals surface area contributed by atoms with Crippen LogP contribution in [-0.2, 0) is 4.74 Å². The molecule has 1 fully saturated rings. The van der Waals surface area contributed by atoms with Crippen LogP contribution in [0.3, 0.4) is 0 Å². The number of hydrogen-bond acceptors (Lipinski definition) is 4. The molecule has 0 aromatic heterocycles. The van der Waals surface area contributed by atoms with E-state index in [2.05, 4.69) is 5.32 Å². The van der Waals surface area contributed by atoms with E-state index < -0.39 is 17.5 Å². The van der Waals surface area contributed by atoms with Crippen molar-refractivity contribution in [3.05, 3.63) is 35.6 Å². The predicted molar refractivity (Wildman–Crippen MR) is 84.9 cm³/mol. The average molecular weight is 322 g/mol. The number of ether oxygens (including phenoxy) is 1. The van der Waals surface area contributed by atoms with Crippen LogP contribution < -0.4 is 5.32 Å². The number of rotatable bonds is 4. The van der Waals surface area contributed by atoms with Crippen LogP contribution in [0.4, 0.5) is 9.18 Å². The van der Waals surface area contributed by atoms with Crippen molar-refractivity contribution in [3.8, 4) is 0 Å². The van der Waals surface area contributed by atoms with Gasteiger partial charge >= 0.3 is 6.09 Å². The standard InChI is InChI=1S/C17H23FN2O3/c1-17(2,3)23-16(22)19-14-7-8-20(10-14)11-15(21)12-5-4-6-13(18)9-12/h4-6,9,14H,7-8,10-11H2,1-3H3,(H,19,22). The molecule has 1 N–H and O–H groups in total. The molecule has 126 valence electrons. The third kappa shape index (κ3) is 5.63. The van der Waals surface area contributed by atoms with E-state index in [1.54, 1.807) is 6.07 Å². The highest BCUT2D eigenvalue weighted by Gasteiger charge is 2.27. The number of Topliss-reactive ketones (excluding diaryl/α,β-unsaturated/α-hetero) is 1. The van der Waals surface area contributed by atoms with Crippen molar-refractivity contribution in [1.29, 1.82) is 0 Å². The van der Waals surface area contributed by atoms with Crippen LogP contribution in [0.15, 0.2) is 24.3 Å². The van der Waals surface area contributed by atoms with Gasteiger partial charge in [0.2, 0.25) is 0 Å². The first-order valence-electron chi connectivity index (χ1n) is 7.73.